The third kappa shape index (κ3) is 4.51. The Morgan fingerprint density at radius 3 is 1.50 bits per heavy atom. The van der Waals surface area contributed by atoms with Gasteiger partial charge in [-0.1, -0.05) is 146 Å². The fraction of sp³-hybridized carbons (Fsp3) is 0. The molecule has 0 aliphatic heterocycles. The molecule has 2 nitrogen and oxygen atoms in total. The normalized spacial score (nSPS) is 11.5. The van der Waals surface area contributed by atoms with Crippen LogP contribution in [0.3, 0.4) is 0 Å². The zero-order chi connectivity index (χ0) is 30.5. The number of rotatable bonds is 4. The molecule has 8 aromatic carbocycles. The smallest absolute Gasteiger partial charge is 0.159 e. The summed E-state index contributed by atoms with van der Waals surface area (Å²) in [5.41, 5.74) is 7.91. The number of hydrogen-bond donors (Lipinski definition) is 0. The molecular formula is C44H28N2. The van der Waals surface area contributed by atoms with Crippen LogP contribution in [0.4, 0.5) is 0 Å². The van der Waals surface area contributed by atoms with E-state index < -0.39 is 0 Å². The van der Waals surface area contributed by atoms with Crippen LogP contribution in [0.15, 0.2) is 170 Å². The molecule has 1 heterocycles. The molecule has 9 rings (SSSR count). The standard InChI is InChI=1S/C44H28N2/c1-3-9-38-31(7-1)19-22-36-25-34(23-24-40(36)38)29-13-15-30(16-14-29)37-27-45-44(46-28-37)33-20-17-32(18-21-33)43-26-35-8-2-4-10-39(35)41-11-5-6-12-42(41)43/h1-28H. The maximum absolute atomic E-state index is 4.75. The fourth-order valence-corrected chi connectivity index (χ4v) is 6.77. The van der Waals surface area contributed by atoms with E-state index in [1.54, 1.807) is 0 Å². The third-order valence-corrected chi connectivity index (χ3v) is 9.17. The van der Waals surface area contributed by atoms with E-state index in [0.29, 0.717) is 0 Å². The first-order valence-electron chi connectivity index (χ1n) is 15.6. The van der Waals surface area contributed by atoms with Crippen molar-refractivity contribution >= 4 is 43.1 Å². The van der Waals surface area contributed by atoms with E-state index in [1.807, 2.05) is 12.4 Å². The van der Waals surface area contributed by atoms with Crippen LogP contribution in [-0.2, 0) is 0 Å². The molecule has 0 fully saturated rings. The zero-order valence-electron chi connectivity index (χ0n) is 25.1. The molecule has 2 heteroatoms. The van der Waals surface area contributed by atoms with Crippen LogP contribution in [0.5, 0.6) is 0 Å². The van der Waals surface area contributed by atoms with Gasteiger partial charge in [-0.05, 0) is 83.0 Å². The van der Waals surface area contributed by atoms with Crippen LogP contribution in [0, 0.1) is 0 Å². The second-order valence-electron chi connectivity index (χ2n) is 11.9. The minimum Gasteiger partial charge on any atom is -0.236 e. The first-order chi connectivity index (χ1) is 22.8. The van der Waals surface area contributed by atoms with Gasteiger partial charge in [-0.25, -0.2) is 9.97 Å². The van der Waals surface area contributed by atoms with Gasteiger partial charge in [0.15, 0.2) is 5.82 Å². The highest BCUT2D eigenvalue weighted by Crippen LogP contribution is 2.36. The van der Waals surface area contributed by atoms with Crippen LogP contribution in [0.2, 0.25) is 0 Å². The summed E-state index contributed by atoms with van der Waals surface area (Å²) in [6.45, 7) is 0. The lowest BCUT2D eigenvalue weighted by Crippen LogP contribution is -1.90. The Morgan fingerprint density at radius 1 is 0.283 bits per heavy atom. The van der Waals surface area contributed by atoms with E-state index in [2.05, 4.69) is 158 Å². The lowest BCUT2D eigenvalue weighted by Gasteiger charge is -2.11. The molecule has 0 spiro atoms. The summed E-state index contributed by atoms with van der Waals surface area (Å²) in [6.07, 6.45) is 3.84. The molecule has 0 radical (unpaired) electrons. The first-order valence-corrected chi connectivity index (χ1v) is 15.6. The van der Waals surface area contributed by atoms with Crippen molar-refractivity contribution in [1.29, 1.82) is 0 Å². The average molecular weight is 585 g/mol. The molecule has 9 aromatic rings. The molecule has 46 heavy (non-hydrogen) atoms. The summed E-state index contributed by atoms with van der Waals surface area (Å²) in [5.74, 6) is 0.721. The van der Waals surface area contributed by atoms with Gasteiger partial charge >= 0.3 is 0 Å². The lowest BCUT2D eigenvalue weighted by atomic mass is 9.93. The molecule has 0 aliphatic carbocycles. The molecule has 0 unspecified atom stereocenters. The van der Waals surface area contributed by atoms with Gasteiger partial charge in [-0.15, -0.1) is 0 Å². The van der Waals surface area contributed by atoms with Crippen LogP contribution in [0.1, 0.15) is 0 Å². The minimum atomic E-state index is 0.721. The molecule has 0 saturated heterocycles. The highest BCUT2D eigenvalue weighted by Gasteiger charge is 2.10. The number of fused-ring (bicyclic) bond motifs is 6. The molecule has 0 saturated carbocycles. The van der Waals surface area contributed by atoms with Gasteiger partial charge in [0, 0.05) is 23.5 Å². The highest BCUT2D eigenvalue weighted by atomic mass is 14.9. The maximum atomic E-state index is 4.75. The zero-order valence-corrected chi connectivity index (χ0v) is 25.1. The van der Waals surface area contributed by atoms with Gasteiger partial charge in [0.25, 0.3) is 0 Å². The van der Waals surface area contributed by atoms with Crippen molar-refractivity contribution in [2.24, 2.45) is 0 Å². The van der Waals surface area contributed by atoms with Crippen LogP contribution in [0.25, 0.3) is 87.9 Å². The van der Waals surface area contributed by atoms with Crippen molar-refractivity contribution in [3.63, 3.8) is 0 Å². The van der Waals surface area contributed by atoms with E-state index >= 15 is 0 Å². The Morgan fingerprint density at radius 2 is 0.761 bits per heavy atom. The van der Waals surface area contributed by atoms with Gasteiger partial charge < -0.3 is 0 Å². The highest BCUT2D eigenvalue weighted by molar-refractivity contribution is 6.14. The third-order valence-electron chi connectivity index (χ3n) is 9.17. The Hall–Kier alpha value is -6.12. The lowest BCUT2D eigenvalue weighted by molar-refractivity contribution is 1.18. The summed E-state index contributed by atoms with van der Waals surface area (Å²) < 4.78 is 0. The van der Waals surface area contributed by atoms with E-state index in [-0.39, 0.29) is 0 Å². The van der Waals surface area contributed by atoms with Crippen LogP contribution >= 0.6 is 0 Å². The maximum Gasteiger partial charge on any atom is 0.159 e. The summed E-state index contributed by atoms with van der Waals surface area (Å²) in [7, 11) is 0. The van der Waals surface area contributed by atoms with Crippen molar-refractivity contribution in [2.45, 2.75) is 0 Å². The second-order valence-corrected chi connectivity index (χ2v) is 11.9. The molecule has 0 amide bonds. The molecule has 214 valence electrons. The van der Waals surface area contributed by atoms with E-state index in [0.717, 1.165) is 22.5 Å². The van der Waals surface area contributed by atoms with Gasteiger partial charge in [0.2, 0.25) is 0 Å². The van der Waals surface area contributed by atoms with Crippen molar-refractivity contribution in [2.75, 3.05) is 0 Å². The second kappa shape index (κ2) is 10.8. The Labute approximate surface area is 267 Å². The molecule has 0 aliphatic rings. The first kappa shape index (κ1) is 26.3. The Balaban J connectivity index is 0.972. The predicted octanol–water partition coefficient (Wildman–Crippen LogP) is 11.8. The summed E-state index contributed by atoms with van der Waals surface area (Å²) in [4.78, 5) is 9.49. The van der Waals surface area contributed by atoms with Crippen molar-refractivity contribution in [3.8, 4) is 44.8 Å². The molecule has 0 atom stereocenters. The Bertz CT molecular complexity index is 2550. The van der Waals surface area contributed by atoms with E-state index in [1.165, 1.54) is 65.3 Å². The molecule has 1 aromatic heterocycles. The number of aromatic nitrogens is 2. The number of hydrogen-bond acceptors (Lipinski definition) is 2. The summed E-state index contributed by atoms with van der Waals surface area (Å²) >= 11 is 0. The van der Waals surface area contributed by atoms with Crippen molar-refractivity contribution in [3.05, 3.63) is 170 Å². The fourth-order valence-electron chi connectivity index (χ4n) is 6.77. The van der Waals surface area contributed by atoms with Crippen molar-refractivity contribution < 1.29 is 0 Å². The summed E-state index contributed by atoms with van der Waals surface area (Å²) in [6, 6.07) is 56.5. The number of nitrogens with zero attached hydrogens (tertiary/aromatic N) is 2. The number of benzene rings is 8. The monoisotopic (exact) mass is 584 g/mol. The minimum absolute atomic E-state index is 0.721. The topological polar surface area (TPSA) is 25.8 Å². The largest absolute Gasteiger partial charge is 0.236 e. The summed E-state index contributed by atoms with van der Waals surface area (Å²) in [5, 5.41) is 10.2. The van der Waals surface area contributed by atoms with Crippen LogP contribution < -0.4 is 0 Å². The predicted molar refractivity (Wildman–Crippen MR) is 194 cm³/mol. The van der Waals surface area contributed by atoms with E-state index in [4.69, 9.17) is 9.97 Å². The molecule has 0 N–H and O–H groups in total. The Kier molecular flexibility index (Phi) is 6.17. The van der Waals surface area contributed by atoms with E-state index in [9.17, 15) is 0 Å². The van der Waals surface area contributed by atoms with Gasteiger partial charge in [0.1, 0.15) is 0 Å². The molecular weight excluding hydrogens is 556 g/mol. The SMILES string of the molecule is c1ccc2c(c1)ccc1cc(-c3ccc(-c4cnc(-c5ccc(-c6cc7ccccc7c7ccccc67)cc5)nc4)cc3)ccc12. The van der Waals surface area contributed by atoms with Gasteiger partial charge in [-0.3, -0.25) is 0 Å². The quantitative estimate of drug-likeness (QED) is 0.192. The van der Waals surface area contributed by atoms with Crippen molar-refractivity contribution in [1.82, 2.24) is 9.97 Å². The average Bonchev–Trinajstić information content (AvgIpc) is 3.14. The van der Waals surface area contributed by atoms with Crippen LogP contribution in [-0.4, -0.2) is 9.97 Å². The molecule has 0 bridgehead atoms. The van der Waals surface area contributed by atoms with Gasteiger partial charge in [0.05, 0.1) is 0 Å². The van der Waals surface area contributed by atoms with Gasteiger partial charge in [-0.2, -0.15) is 0 Å².